The molecule has 1 aliphatic carbocycles. The van der Waals surface area contributed by atoms with E-state index in [-0.39, 0.29) is 28.7 Å². The Balaban J connectivity index is 1.97. The highest BCUT2D eigenvalue weighted by Crippen LogP contribution is 2.43. The molecule has 2 aromatic rings. The lowest BCUT2D eigenvalue weighted by Crippen LogP contribution is -2.25. The summed E-state index contributed by atoms with van der Waals surface area (Å²) in [5.41, 5.74) is 3.56. The molecule has 1 aliphatic rings. The maximum absolute atomic E-state index is 14.0. The van der Waals surface area contributed by atoms with Crippen molar-refractivity contribution in [1.29, 1.82) is 0 Å². The van der Waals surface area contributed by atoms with Crippen molar-refractivity contribution >= 4 is 28.2 Å². The van der Waals surface area contributed by atoms with Crippen molar-refractivity contribution in [1.82, 2.24) is 5.43 Å². The molecule has 6 nitrogen and oxygen atoms in total. The zero-order valence-electron chi connectivity index (χ0n) is 15.2. The molecule has 1 amide bonds. The van der Waals surface area contributed by atoms with Crippen LogP contribution in [0.3, 0.4) is 0 Å². The predicted octanol–water partition coefficient (Wildman–Crippen LogP) is 3.32. The summed E-state index contributed by atoms with van der Waals surface area (Å²) in [5.74, 6) is 3.11. The van der Waals surface area contributed by atoms with Gasteiger partial charge in [-0.2, -0.15) is 0 Å². The van der Waals surface area contributed by atoms with E-state index in [1.807, 2.05) is 0 Å². The van der Waals surface area contributed by atoms with Gasteiger partial charge in [0.25, 0.3) is 5.91 Å². The number of hydrogen-bond acceptors (Lipinski definition) is 5. The SMILES string of the molecule is CC1(C)CCc2sc(NC(=O)c3cccc(F)c3CNN)c(C(=O)O)c2C1. The van der Waals surface area contributed by atoms with Crippen molar-refractivity contribution in [3.8, 4) is 0 Å². The summed E-state index contributed by atoms with van der Waals surface area (Å²) in [6.07, 6.45) is 2.40. The molecular weight excluding hydrogens is 369 g/mol. The summed E-state index contributed by atoms with van der Waals surface area (Å²) < 4.78 is 14.0. The van der Waals surface area contributed by atoms with Crippen molar-refractivity contribution in [2.45, 2.75) is 39.7 Å². The van der Waals surface area contributed by atoms with E-state index in [0.717, 1.165) is 23.3 Å². The van der Waals surface area contributed by atoms with Gasteiger partial charge >= 0.3 is 5.97 Å². The zero-order chi connectivity index (χ0) is 19.8. The molecule has 8 heteroatoms. The fourth-order valence-electron chi connectivity index (χ4n) is 3.46. The van der Waals surface area contributed by atoms with Crippen molar-refractivity contribution in [3.05, 3.63) is 51.1 Å². The van der Waals surface area contributed by atoms with E-state index in [1.165, 1.54) is 29.5 Å². The van der Waals surface area contributed by atoms with Crippen LogP contribution in [0.1, 0.15) is 57.0 Å². The van der Waals surface area contributed by atoms with Crippen molar-refractivity contribution in [2.24, 2.45) is 11.3 Å². The summed E-state index contributed by atoms with van der Waals surface area (Å²) in [5, 5.41) is 12.7. The lowest BCUT2D eigenvalue weighted by molar-refractivity contribution is 0.0696. The van der Waals surface area contributed by atoms with Crippen LogP contribution < -0.4 is 16.6 Å². The highest BCUT2D eigenvalue weighted by molar-refractivity contribution is 7.17. The highest BCUT2D eigenvalue weighted by atomic mass is 32.1. The van der Waals surface area contributed by atoms with Crippen LogP contribution in [0.2, 0.25) is 0 Å². The number of benzene rings is 1. The smallest absolute Gasteiger partial charge is 0.339 e. The third-order valence-electron chi connectivity index (χ3n) is 4.86. The van der Waals surface area contributed by atoms with Crippen LogP contribution in [0.25, 0.3) is 0 Å². The number of hydrogen-bond donors (Lipinski definition) is 4. The van der Waals surface area contributed by atoms with Gasteiger partial charge in [0, 0.05) is 22.5 Å². The predicted molar refractivity (Wildman–Crippen MR) is 102 cm³/mol. The first-order chi connectivity index (χ1) is 12.7. The first-order valence-corrected chi connectivity index (χ1v) is 9.45. The number of carboxylic acids is 1. The average Bonchev–Trinajstić information content (AvgIpc) is 2.92. The molecule has 144 valence electrons. The molecule has 3 rings (SSSR count). The number of anilines is 1. The van der Waals surface area contributed by atoms with Gasteiger partial charge in [0.2, 0.25) is 0 Å². The molecule has 0 unspecified atom stereocenters. The molecule has 0 fully saturated rings. The lowest BCUT2D eigenvalue weighted by atomic mass is 9.76. The van der Waals surface area contributed by atoms with Gasteiger partial charge in [-0.15, -0.1) is 11.3 Å². The van der Waals surface area contributed by atoms with Crippen LogP contribution in [-0.2, 0) is 19.4 Å². The number of fused-ring (bicyclic) bond motifs is 1. The molecular formula is C19H22FN3O3S. The quantitative estimate of drug-likeness (QED) is 0.462. The number of carboxylic acid groups (broad SMARTS) is 1. The molecule has 0 spiro atoms. The van der Waals surface area contributed by atoms with E-state index in [1.54, 1.807) is 0 Å². The van der Waals surface area contributed by atoms with E-state index >= 15 is 0 Å². The maximum Gasteiger partial charge on any atom is 0.339 e. The van der Waals surface area contributed by atoms with Gasteiger partial charge in [0.05, 0.1) is 5.56 Å². The minimum atomic E-state index is -1.07. The first kappa shape index (κ1) is 19.5. The molecule has 0 saturated carbocycles. The molecule has 0 radical (unpaired) electrons. The molecule has 0 saturated heterocycles. The zero-order valence-corrected chi connectivity index (χ0v) is 16.0. The lowest BCUT2D eigenvalue weighted by Gasteiger charge is -2.29. The third kappa shape index (κ3) is 3.87. The fourth-order valence-corrected chi connectivity index (χ4v) is 4.66. The Kier molecular flexibility index (Phi) is 5.32. The van der Waals surface area contributed by atoms with Crippen LogP contribution >= 0.6 is 11.3 Å². The van der Waals surface area contributed by atoms with Crippen molar-refractivity contribution < 1.29 is 19.1 Å². The van der Waals surface area contributed by atoms with E-state index in [9.17, 15) is 19.1 Å². The standard InChI is InChI=1S/C19H22FN3O3S/c1-19(2)7-6-14-11(8-19)15(18(25)26)17(27-14)23-16(24)10-4-3-5-13(20)12(10)9-22-21/h3-5,22H,6-9,21H2,1-2H3,(H,23,24)(H,25,26). The van der Waals surface area contributed by atoms with Gasteiger partial charge in [-0.05, 0) is 42.4 Å². The number of nitrogens with two attached hydrogens (primary N) is 1. The number of hydrazine groups is 1. The Morgan fingerprint density at radius 2 is 2.11 bits per heavy atom. The van der Waals surface area contributed by atoms with Gasteiger partial charge in [-0.1, -0.05) is 19.9 Å². The van der Waals surface area contributed by atoms with Crippen LogP contribution in [0.4, 0.5) is 9.39 Å². The summed E-state index contributed by atoms with van der Waals surface area (Å²) in [6, 6.07) is 4.17. The second-order valence-corrected chi connectivity index (χ2v) is 8.56. The molecule has 5 N–H and O–H groups in total. The summed E-state index contributed by atoms with van der Waals surface area (Å²) in [7, 11) is 0. The minimum absolute atomic E-state index is 0.0159. The number of nitrogens with one attached hydrogen (secondary N) is 2. The average molecular weight is 391 g/mol. The molecule has 0 aliphatic heterocycles. The Bertz CT molecular complexity index is 908. The number of amides is 1. The molecule has 1 aromatic heterocycles. The number of rotatable bonds is 5. The highest BCUT2D eigenvalue weighted by Gasteiger charge is 2.33. The molecule has 1 aromatic carbocycles. The second-order valence-electron chi connectivity index (χ2n) is 7.46. The monoisotopic (exact) mass is 391 g/mol. The van der Waals surface area contributed by atoms with E-state index in [4.69, 9.17) is 5.84 Å². The first-order valence-electron chi connectivity index (χ1n) is 8.63. The largest absolute Gasteiger partial charge is 0.478 e. The van der Waals surface area contributed by atoms with Gasteiger partial charge in [-0.3, -0.25) is 16.1 Å². The maximum atomic E-state index is 14.0. The second kappa shape index (κ2) is 7.38. The van der Waals surface area contributed by atoms with Crippen LogP contribution in [0, 0.1) is 11.2 Å². The summed E-state index contributed by atoms with van der Waals surface area (Å²) in [4.78, 5) is 25.6. The summed E-state index contributed by atoms with van der Waals surface area (Å²) >= 11 is 1.29. The molecule has 0 bridgehead atoms. The van der Waals surface area contributed by atoms with E-state index in [2.05, 4.69) is 24.6 Å². The molecule has 27 heavy (non-hydrogen) atoms. The van der Waals surface area contributed by atoms with Crippen LogP contribution in [0.5, 0.6) is 0 Å². The number of aromatic carboxylic acids is 1. The van der Waals surface area contributed by atoms with Gasteiger partial charge in [0.15, 0.2) is 0 Å². The molecule has 1 heterocycles. The Morgan fingerprint density at radius 1 is 1.37 bits per heavy atom. The van der Waals surface area contributed by atoms with Gasteiger partial charge in [-0.25, -0.2) is 9.18 Å². The fraction of sp³-hybridized carbons (Fsp3) is 0.368. The molecule has 0 atom stereocenters. The van der Waals surface area contributed by atoms with E-state index < -0.39 is 17.7 Å². The van der Waals surface area contributed by atoms with Crippen LogP contribution in [0.15, 0.2) is 18.2 Å². The number of carbonyl (C=O) groups excluding carboxylic acids is 1. The van der Waals surface area contributed by atoms with E-state index in [0.29, 0.717) is 11.4 Å². The van der Waals surface area contributed by atoms with Gasteiger partial charge < -0.3 is 10.4 Å². The number of halogens is 1. The Hall–Kier alpha value is -2.29. The normalized spacial score (nSPS) is 15.3. The Morgan fingerprint density at radius 3 is 2.78 bits per heavy atom. The van der Waals surface area contributed by atoms with Crippen molar-refractivity contribution in [2.75, 3.05) is 5.32 Å². The summed E-state index contributed by atoms with van der Waals surface area (Å²) in [6.45, 7) is 4.20. The van der Waals surface area contributed by atoms with Crippen molar-refractivity contribution in [3.63, 3.8) is 0 Å². The Labute approximate surface area is 160 Å². The topological polar surface area (TPSA) is 104 Å². The minimum Gasteiger partial charge on any atom is -0.478 e. The number of aryl methyl sites for hydroxylation is 1. The third-order valence-corrected chi connectivity index (χ3v) is 6.07. The number of thiophene rings is 1. The number of carbonyl (C=O) groups is 2. The van der Waals surface area contributed by atoms with Gasteiger partial charge in [0.1, 0.15) is 10.8 Å². The van der Waals surface area contributed by atoms with Crippen LogP contribution in [-0.4, -0.2) is 17.0 Å².